The van der Waals surface area contributed by atoms with Crippen molar-refractivity contribution in [1.82, 2.24) is 0 Å². The SMILES string of the molecule is COC(=O)c1cc(OC)c(OC)cc1NC(=O)c1ccc(OC)c(COc2ccccc2OC)c1. The third-order valence-electron chi connectivity index (χ3n) is 5.17. The quantitative estimate of drug-likeness (QED) is 0.427. The number of para-hydroxylation sites is 2. The summed E-state index contributed by atoms with van der Waals surface area (Å²) in [5, 5.41) is 2.75. The first kappa shape index (κ1) is 25.2. The van der Waals surface area contributed by atoms with Crippen LogP contribution in [0.3, 0.4) is 0 Å². The minimum atomic E-state index is -0.637. The number of ether oxygens (including phenoxy) is 6. The maximum atomic E-state index is 13.1. The van der Waals surface area contributed by atoms with Gasteiger partial charge in [-0.1, -0.05) is 12.1 Å². The minimum absolute atomic E-state index is 0.117. The number of rotatable bonds is 10. The highest BCUT2D eigenvalue weighted by Crippen LogP contribution is 2.34. The van der Waals surface area contributed by atoms with Crippen molar-refractivity contribution in [2.45, 2.75) is 6.61 Å². The number of anilines is 1. The van der Waals surface area contributed by atoms with Crippen LogP contribution in [0.25, 0.3) is 0 Å². The lowest BCUT2D eigenvalue weighted by Crippen LogP contribution is -2.16. The molecule has 184 valence electrons. The Morgan fingerprint density at radius 2 is 1.34 bits per heavy atom. The molecule has 0 saturated carbocycles. The Kier molecular flexibility index (Phi) is 8.39. The molecule has 0 radical (unpaired) electrons. The van der Waals surface area contributed by atoms with Gasteiger partial charge in [0, 0.05) is 23.3 Å². The summed E-state index contributed by atoms with van der Waals surface area (Å²) in [6.45, 7) is 0.133. The van der Waals surface area contributed by atoms with Crippen molar-refractivity contribution >= 4 is 17.6 Å². The van der Waals surface area contributed by atoms with Gasteiger partial charge in [0.1, 0.15) is 12.4 Å². The molecule has 3 aromatic carbocycles. The fourth-order valence-electron chi connectivity index (χ4n) is 3.38. The molecule has 0 bridgehead atoms. The molecule has 1 amide bonds. The Morgan fingerprint density at radius 3 is 1.97 bits per heavy atom. The van der Waals surface area contributed by atoms with E-state index in [-0.39, 0.29) is 17.9 Å². The Morgan fingerprint density at radius 1 is 0.714 bits per heavy atom. The number of amides is 1. The summed E-state index contributed by atoms with van der Waals surface area (Å²) in [7, 11) is 7.25. The Hall–Kier alpha value is -4.40. The van der Waals surface area contributed by atoms with Crippen LogP contribution in [-0.2, 0) is 11.3 Å². The lowest BCUT2D eigenvalue weighted by molar-refractivity contribution is 0.0601. The molecular weight excluding hydrogens is 454 g/mol. The highest BCUT2D eigenvalue weighted by atomic mass is 16.5. The molecule has 9 heteroatoms. The van der Waals surface area contributed by atoms with Crippen LogP contribution in [0.5, 0.6) is 28.7 Å². The summed E-state index contributed by atoms with van der Waals surface area (Å²) >= 11 is 0. The molecule has 35 heavy (non-hydrogen) atoms. The smallest absolute Gasteiger partial charge is 0.340 e. The summed E-state index contributed by atoms with van der Waals surface area (Å²) in [6, 6.07) is 15.1. The second-order valence-corrected chi connectivity index (χ2v) is 7.16. The van der Waals surface area contributed by atoms with Crippen molar-refractivity contribution in [3.8, 4) is 28.7 Å². The molecular formula is C26H27NO8. The van der Waals surface area contributed by atoms with Crippen molar-refractivity contribution < 1.29 is 38.0 Å². The predicted molar refractivity (Wildman–Crippen MR) is 129 cm³/mol. The van der Waals surface area contributed by atoms with Gasteiger partial charge in [-0.3, -0.25) is 4.79 Å². The molecule has 0 unspecified atom stereocenters. The highest BCUT2D eigenvalue weighted by Gasteiger charge is 2.20. The van der Waals surface area contributed by atoms with Crippen LogP contribution in [0, 0.1) is 0 Å². The van der Waals surface area contributed by atoms with Crippen LogP contribution in [0.2, 0.25) is 0 Å². The molecule has 0 fully saturated rings. The summed E-state index contributed by atoms with van der Waals surface area (Å²) in [5.74, 6) is 1.27. The van der Waals surface area contributed by atoms with Crippen LogP contribution < -0.4 is 29.0 Å². The summed E-state index contributed by atoms with van der Waals surface area (Å²) in [4.78, 5) is 25.4. The molecule has 0 aromatic heterocycles. The third kappa shape index (κ3) is 5.75. The molecule has 3 aromatic rings. The Balaban J connectivity index is 1.89. The average Bonchev–Trinajstić information content (AvgIpc) is 2.90. The Labute approximate surface area is 203 Å². The second kappa shape index (κ2) is 11.6. The standard InChI is InChI=1S/C26H27NO8/c1-30-20-11-10-16(12-17(20)15-35-22-9-7-6-8-21(22)31-2)25(28)27-19-14-24(33-4)23(32-3)13-18(19)26(29)34-5/h6-14H,15H2,1-5H3,(H,27,28). The van der Waals surface area contributed by atoms with Gasteiger partial charge >= 0.3 is 5.97 Å². The maximum absolute atomic E-state index is 13.1. The second-order valence-electron chi connectivity index (χ2n) is 7.16. The molecule has 0 aliphatic rings. The van der Waals surface area contributed by atoms with E-state index in [0.29, 0.717) is 39.9 Å². The zero-order valence-electron chi connectivity index (χ0n) is 20.2. The van der Waals surface area contributed by atoms with Gasteiger partial charge in [-0.05, 0) is 30.3 Å². The number of nitrogens with one attached hydrogen (secondary N) is 1. The number of esters is 1. The van der Waals surface area contributed by atoms with Gasteiger partial charge in [-0.25, -0.2) is 4.79 Å². The lowest BCUT2D eigenvalue weighted by atomic mass is 10.1. The number of methoxy groups -OCH3 is 5. The first-order chi connectivity index (χ1) is 16.9. The van der Waals surface area contributed by atoms with E-state index in [1.165, 1.54) is 40.6 Å². The van der Waals surface area contributed by atoms with Crippen LogP contribution in [0.15, 0.2) is 54.6 Å². The first-order valence-electron chi connectivity index (χ1n) is 10.5. The van der Waals surface area contributed by atoms with Crippen molar-refractivity contribution in [3.05, 3.63) is 71.3 Å². The molecule has 0 spiro atoms. The normalized spacial score (nSPS) is 10.2. The molecule has 1 N–H and O–H groups in total. The number of hydrogen-bond donors (Lipinski definition) is 1. The number of carbonyl (C=O) groups is 2. The molecule has 0 aliphatic heterocycles. The predicted octanol–water partition coefficient (Wildman–Crippen LogP) is 4.34. The molecule has 9 nitrogen and oxygen atoms in total. The third-order valence-corrected chi connectivity index (χ3v) is 5.17. The van der Waals surface area contributed by atoms with Gasteiger partial charge < -0.3 is 33.7 Å². The van der Waals surface area contributed by atoms with Crippen molar-refractivity contribution in [1.29, 1.82) is 0 Å². The highest BCUT2D eigenvalue weighted by molar-refractivity contribution is 6.08. The van der Waals surface area contributed by atoms with Gasteiger partial charge in [0.25, 0.3) is 5.91 Å². The Bertz CT molecular complexity index is 1210. The maximum Gasteiger partial charge on any atom is 0.340 e. The molecule has 0 aliphatic carbocycles. The fourth-order valence-corrected chi connectivity index (χ4v) is 3.38. The van der Waals surface area contributed by atoms with E-state index in [4.69, 9.17) is 28.4 Å². The van der Waals surface area contributed by atoms with Crippen LogP contribution >= 0.6 is 0 Å². The van der Waals surface area contributed by atoms with E-state index >= 15 is 0 Å². The van der Waals surface area contributed by atoms with Gasteiger partial charge in [0.15, 0.2) is 23.0 Å². The van der Waals surface area contributed by atoms with E-state index < -0.39 is 11.9 Å². The van der Waals surface area contributed by atoms with Crippen molar-refractivity contribution in [3.63, 3.8) is 0 Å². The summed E-state index contributed by atoms with van der Waals surface area (Å²) in [5.41, 5.74) is 1.30. The largest absolute Gasteiger partial charge is 0.496 e. The molecule has 0 atom stereocenters. The average molecular weight is 482 g/mol. The topological polar surface area (TPSA) is 102 Å². The van der Waals surface area contributed by atoms with Gasteiger partial charge in [-0.15, -0.1) is 0 Å². The monoisotopic (exact) mass is 481 g/mol. The van der Waals surface area contributed by atoms with Gasteiger partial charge in [-0.2, -0.15) is 0 Å². The van der Waals surface area contributed by atoms with Crippen LogP contribution in [0.4, 0.5) is 5.69 Å². The first-order valence-corrected chi connectivity index (χ1v) is 10.5. The van der Waals surface area contributed by atoms with E-state index in [0.717, 1.165) is 0 Å². The molecule has 0 heterocycles. The van der Waals surface area contributed by atoms with E-state index in [9.17, 15) is 9.59 Å². The number of carbonyl (C=O) groups excluding carboxylic acids is 2. The zero-order chi connectivity index (χ0) is 25.4. The van der Waals surface area contributed by atoms with E-state index in [1.807, 2.05) is 12.1 Å². The van der Waals surface area contributed by atoms with Crippen molar-refractivity contribution in [2.75, 3.05) is 40.9 Å². The zero-order valence-corrected chi connectivity index (χ0v) is 20.2. The summed E-state index contributed by atoms with van der Waals surface area (Å²) in [6.07, 6.45) is 0. The van der Waals surface area contributed by atoms with Crippen LogP contribution in [-0.4, -0.2) is 47.4 Å². The van der Waals surface area contributed by atoms with E-state index in [1.54, 1.807) is 37.4 Å². The van der Waals surface area contributed by atoms with Crippen molar-refractivity contribution in [2.24, 2.45) is 0 Å². The van der Waals surface area contributed by atoms with Gasteiger partial charge in [0.05, 0.1) is 46.8 Å². The van der Waals surface area contributed by atoms with Crippen LogP contribution in [0.1, 0.15) is 26.3 Å². The number of hydrogen-bond acceptors (Lipinski definition) is 8. The number of benzene rings is 3. The summed E-state index contributed by atoms with van der Waals surface area (Å²) < 4.78 is 32.1. The molecule has 0 saturated heterocycles. The lowest BCUT2D eigenvalue weighted by Gasteiger charge is -2.16. The molecule has 3 rings (SSSR count). The fraction of sp³-hybridized carbons (Fsp3) is 0.231. The van der Waals surface area contributed by atoms with Gasteiger partial charge in [0.2, 0.25) is 0 Å². The minimum Gasteiger partial charge on any atom is -0.496 e. The van der Waals surface area contributed by atoms with E-state index in [2.05, 4.69) is 5.32 Å².